The van der Waals surface area contributed by atoms with Crippen LogP contribution in [0.3, 0.4) is 0 Å². The van der Waals surface area contributed by atoms with E-state index in [9.17, 15) is 13.2 Å². The molecule has 9 heteroatoms. The quantitative estimate of drug-likeness (QED) is 0.747. The maximum atomic E-state index is 12.8. The van der Waals surface area contributed by atoms with E-state index in [1.807, 2.05) is 17.0 Å². The highest BCUT2D eigenvalue weighted by atomic mass is 35.5. The van der Waals surface area contributed by atoms with Crippen molar-refractivity contribution >= 4 is 39.1 Å². The molecule has 6 nitrogen and oxygen atoms in total. The van der Waals surface area contributed by atoms with Crippen LogP contribution in [0.2, 0.25) is 10.0 Å². The summed E-state index contributed by atoms with van der Waals surface area (Å²) in [7, 11) is -3.63. The molecule has 28 heavy (non-hydrogen) atoms. The zero-order valence-corrected chi connectivity index (χ0v) is 17.5. The molecule has 1 aliphatic rings. The minimum Gasteiger partial charge on any atom is -0.351 e. The number of carbonyl (C=O) groups is 1. The number of hydrogen-bond acceptors (Lipinski definition) is 4. The molecular weight excluding hydrogens is 421 g/mol. The van der Waals surface area contributed by atoms with Crippen LogP contribution in [0.5, 0.6) is 0 Å². The van der Waals surface area contributed by atoms with E-state index in [0.717, 1.165) is 5.56 Å². The molecule has 2 aromatic carbocycles. The Kier molecular flexibility index (Phi) is 6.95. The number of nitrogens with zero attached hydrogens (tertiary/aromatic N) is 2. The van der Waals surface area contributed by atoms with Gasteiger partial charge in [-0.1, -0.05) is 47.5 Å². The van der Waals surface area contributed by atoms with Crippen LogP contribution < -0.4 is 5.32 Å². The van der Waals surface area contributed by atoms with Crippen molar-refractivity contribution in [2.75, 3.05) is 32.7 Å². The summed E-state index contributed by atoms with van der Waals surface area (Å²) in [6, 6.07) is 13.7. The maximum Gasteiger partial charge on any atom is 0.244 e. The molecule has 1 aliphatic heterocycles. The number of carbonyl (C=O) groups excluding carboxylic acids is 1. The van der Waals surface area contributed by atoms with Gasteiger partial charge >= 0.3 is 0 Å². The molecule has 0 spiro atoms. The number of rotatable bonds is 6. The van der Waals surface area contributed by atoms with Crippen LogP contribution in [0.4, 0.5) is 0 Å². The molecule has 0 radical (unpaired) electrons. The summed E-state index contributed by atoms with van der Waals surface area (Å²) >= 11 is 12.0. The van der Waals surface area contributed by atoms with Crippen molar-refractivity contribution in [3.63, 3.8) is 0 Å². The smallest absolute Gasteiger partial charge is 0.244 e. The Labute approximate surface area is 175 Å². The standard InChI is InChI=1S/C19H21Cl2N3O3S/c20-16-5-3-4-15(12-16)13-22-19(25)14-23-8-10-24(11-9-23)28(26,27)18-7-2-1-6-17(18)21/h1-7,12H,8-11,13-14H2,(H,22,25). The van der Waals surface area contributed by atoms with E-state index >= 15 is 0 Å². The van der Waals surface area contributed by atoms with Crippen molar-refractivity contribution in [3.8, 4) is 0 Å². The van der Waals surface area contributed by atoms with Crippen LogP contribution in [-0.4, -0.2) is 56.3 Å². The summed E-state index contributed by atoms with van der Waals surface area (Å²) in [4.78, 5) is 14.2. The fourth-order valence-electron chi connectivity index (χ4n) is 3.03. The molecule has 0 bridgehead atoms. The first kappa shape index (κ1) is 21.1. The molecule has 0 aliphatic carbocycles. The fraction of sp³-hybridized carbons (Fsp3) is 0.316. The molecule has 1 N–H and O–H groups in total. The van der Waals surface area contributed by atoms with Gasteiger partial charge in [-0.2, -0.15) is 4.31 Å². The summed E-state index contributed by atoms with van der Waals surface area (Å²) in [6.07, 6.45) is 0. The van der Waals surface area contributed by atoms with Gasteiger partial charge < -0.3 is 5.32 Å². The second-order valence-electron chi connectivity index (χ2n) is 6.52. The SMILES string of the molecule is O=C(CN1CCN(S(=O)(=O)c2ccccc2Cl)CC1)NCc1cccc(Cl)c1. The Balaban J connectivity index is 1.50. The Hall–Kier alpha value is -1.64. The van der Waals surface area contributed by atoms with E-state index in [1.54, 1.807) is 30.3 Å². The van der Waals surface area contributed by atoms with E-state index in [4.69, 9.17) is 23.2 Å². The highest BCUT2D eigenvalue weighted by Crippen LogP contribution is 2.24. The normalized spacial score (nSPS) is 16.1. The van der Waals surface area contributed by atoms with E-state index in [-0.39, 0.29) is 22.4 Å². The number of nitrogens with one attached hydrogen (secondary N) is 1. The number of piperazine rings is 1. The molecular formula is C19H21Cl2N3O3S. The van der Waals surface area contributed by atoms with Gasteiger partial charge in [0.05, 0.1) is 11.6 Å². The molecule has 1 heterocycles. The zero-order chi connectivity index (χ0) is 20.1. The van der Waals surface area contributed by atoms with E-state index in [2.05, 4.69) is 5.32 Å². The first-order valence-electron chi connectivity index (χ1n) is 8.84. The Morgan fingerprint density at radius 3 is 2.39 bits per heavy atom. The van der Waals surface area contributed by atoms with Crippen LogP contribution >= 0.6 is 23.2 Å². The van der Waals surface area contributed by atoms with Gasteiger partial charge in [0.2, 0.25) is 15.9 Å². The van der Waals surface area contributed by atoms with Crippen molar-refractivity contribution in [1.82, 2.24) is 14.5 Å². The number of benzene rings is 2. The van der Waals surface area contributed by atoms with Crippen molar-refractivity contribution in [1.29, 1.82) is 0 Å². The molecule has 0 unspecified atom stereocenters. The lowest BCUT2D eigenvalue weighted by molar-refractivity contribution is -0.122. The molecule has 0 saturated carbocycles. The Bertz CT molecular complexity index is 945. The lowest BCUT2D eigenvalue weighted by Crippen LogP contribution is -2.51. The number of hydrogen-bond donors (Lipinski definition) is 1. The largest absolute Gasteiger partial charge is 0.351 e. The fourth-order valence-corrected chi connectivity index (χ4v) is 5.16. The predicted octanol–water partition coefficient (Wildman–Crippen LogP) is 2.62. The molecule has 2 aromatic rings. The summed E-state index contributed by atoms with van der Waals surface area (Å²) in [5.74, 6) is -0.109. The molecule has 1 saturated heterocycles. The van der Waals surface area contributed by atoms with Gasteiger partial charge in [0, 0.05) is 37.7 Å². The van der Waals surface area contributed by atoms with Gasteiger partial charge in [0.25, 0.3) is 0 Å². The summed E-state index contributed by atoms with van der Waals surface area (Å²) in [5.41, 5.74) is 0.927. The second-order valence-corrected chi connectivity index (χ2v) is 9.27. The van der Waals surface area contributed by atoms with Gasteiger partial charge in [0.15, 0.2) is 0 Å². The molecule has 0 aromatic heterocycles. The summed E-state index contributed by atoms with van der Waals surface area (Å²) in [6.45, 7) is 2.22. The third kappa shape index (κ3) is 5.24. The van der Waals surface area contributed by atoms with Gasteiger partial charge in [-0.15, -0.1) is 0 Å². The minimum atomic E-state index is -3.63. The molecule has 1 fully saturated rings. The summed E-state index contributed by atoms with van der Waals surface area (Å²) in [5, 5.41) is 3.70. The van der Waals surface area contributed by atoms with E-state index in [1.165, 1.54) is 10.4 Å². The van der Waals surface area contributed by atoms with Gasteiger partial charge in [-0.3, -0.25) is 9.69 Å². The van der Waals surface area contributed by atoms with Crippen molar-refractivity contribution in [3.05, 3.63) is 64.1 Å². The van der Waals surface area contributed by atoms with Gasteiger partial charge in [-0.25, -0.2) is 8.42 Å². The predicted molar refractivity (Wildman–Crippen MR) is 110 cm³/mol. The number of sulfonamides is 1. The molecule has 3 rings (SSSR count). The molecule has 1 amide bonds. The molecule has 150 valence electrons. The number of halogens is 2. The van der Waals surface area contributed by atoms with Gasteiger partial charge in [-0.05, 0) is 29.8 Å². The highest BCUT2D eigenvalue weighted by molar-refractivity contribution is 7.89. The van der Waals surface area contributed by atoms with Crippen LogP contribution in [0.1, 0.15) is 5.56 Å². The second kappa shape index (κ2) is 9.24. The highest BCUT2D eigenvalue weighted by Gasteiger charge is 2.30. The average Bonchev–Trinajstić information content (AvgIpc) is 2.67. The first-order valence-corrected chi connectivity index (χ1v) is 11.0. The van der Waals surface area contributed by atoms with Crippen LogP contribution in [0, 0.1) is 0 Å². The first-order chi connectivity index (χ1) is 13.4. The van der Waals surface area contributed by atoms with Gasteiger partial charge in [0.1, 0.15) is 4.90 Å². The summed E-state index contributed by atoms with van der Waals surface area (Å²) < 4.78 is 26.9. The zero-order valence-electron chi connectivity index (χ0n) is 15.1. The van der Waals surface area contributed by atoms with Crippen LogP contribution in [-0.2, 0) is 21.4 Å². The minimum absolute atomic E-state index is 0.109. The average molecular weight is 442 g/mol. The monoisotopic (exact) mass is 441 g/mol. The number of amides is 1. The lowest BCUT2D eigenvalue weighted by atomic mass is 10.2. The van der Waals surface area contributed by atoms with Crippen molar-refractivity contribution in [2.24, 2.45) is 0 Å². The van der Waals surface area contributed by atoms with Crippen LogP contribution in [0.15, 0.2) is 53.4 Å². The van der Waals surface area contributed by atoms with Crippen LogP contribution in [0.25, 0.3) is 0 Å². The topological polar surface area (TPSA) is 69.7 Å². The van der Waals surface area contributed by atoms with Crippen molar-refractivity contribution < 1.29 is 13.2 Å². The Morgan fingerprint density at radius 1 is 1.00 bits per heavy atom. The third-order valence-corrected chi connectivity index (χ3v) is 7.17. The maximum absolute atomic E-state index is 12.8. The van der Waals surface area contributed by atoms with Crippen molar-refractivity contribution in [2.45, 2.75) is 11.4 Å². The molecule has 0 atom stereocenters. The van der Waals surface area contributed by atoms with E-state index in [0.29, 0.717) is 37.7 Å². The van der Waals surface area contributed by atoms with E-state index < -0.39 is 10.0 Å². The third-order valence-electron chi connectivity index (χ3n) is 4.53. The Morgan fingerprint density at radius 2 is 1.71 bits per heavy atom. The lowest BCUT2D eigenvalue weighted by Gasteiger charge is -2.33.